The van der Waals surface area contributed by atoms with Crippen LogP contribution in [0.2, 0.25) is 0 Å². The molecule has 106 valence electrons. The third-order valence-electron chi connectivity index (χ3n) is 5.93. The fraction of sp³-hybridized carbons (Fsp3) is 1.00. The zero-order valence-electron chi connectivity index (χ0n) is 12.7. The molecule has 1 saturated carbocycles. The Morgan fingerprint density at radius 1 is 1.06 bits per heavy atom. The molecule has 2 rings (SSSR count). The van der Waals surface area contributed by atoms with E-state index in [1.165, 1.54) is 64.5 Å². The number of nitrogens with zero attached hydrogens (tertiary/aromatic N) is 1. The highest BCUT2D eigenvalue weighted by molar-refractivity contribution is 4.92. The SMILES string of the molecule is CCC1(CC)CCN(C2CCCCC2NC)CC1. The van der Waals surface area contributed by atoms with Crippen LogP contribution in [0, 0.1) is 5.41 Å². The molecule has 0 spiro atoms. The van der Waals surface area contributed by atoms with E-state index >= 15 is 0 Å². The highest BCUT2D eigenvalue weighted by atomic mass is 15.2. The number of rotatable bonds is 4. The van der Waals surface area contributed by atoms with Gasteiger partial charge in [0.15, 0.2) is 0 Å². The van der Waals surface area contributed by atoms with Crippen molar-refractivity contribution in [2.45, 2.75) is 77.3 Å². The Morgan fingerprint density at radius 2 is 1.67 bits per heavy atom. The van der Waals surface area contributed by atoms with Gasteiger partial charge in [-0.15, -0.1) is 0 Å². The van der Waals surface area contributed by atoms with Crippen LogP contribution >= 0.6 is 0 Å². The minimum absolute atomic E-state index is 0.667. The van der Waals surface area contributed by atoms with Gasteiger partial charge in [0.25, 0.3) is 0 Å². The van der Waals surface area contributed by atoms with Crippen LogP contribution in [0.5, 0.6) is 0 Å². The standard InChI is InChI=1S/C16H32N2/c1-4-16(5-2)10-12-18(13-11-16)15-9-7-6-8-14(15)17-3/h14-15,17H,4-13H2,1-3H3. The van der Waals surface area contributed by atoms with Gasteiger partial charge in [-0.25, -0.2) is 0 Å². The Balaban J connectivity index is 1.92. The van der Waals surface area contributed by atoms with Crippen LogP contribution in [0.15, 0.2) is 0 Å². The fourth-order valence-electron chi connectivity index (χ4n) is 4.17. The lowest BCUT2D eigenvalue weighted by molar-refractivity contribution is 0.0407. The normalized spacial score (nSPS) is 33.5. The van der Waals surface area contributed by atoms with Crippen molar-refractivity contribution in [2.24, 2.45) is 5.41 Å². The Labute approximate surface area is 114 Å². The molecule has 1 N–H and O–H groups in total. The van der Waals surface area contributed by atoms with Gasteiger partial charge in [0.1, 0.15) is 0 Å². The van der Waals surface area contributed by atoms with Crippen molar-refractivity contribution < 1.29 is 0 Å². The average molecular weight is 252 g/mol. The molecule has 2 heteroatoms. The van der Waals surface area contributed by atoms with Crippen LogP contribution in [0.1, 0.15) is 65.2 Å². The van der Waals surface area contributed by atoms with Crippen LogP contribution in [0.25, 0.3) is 0 Å². The Kier molecular flexibility index (Phi) is 5.08. The number of likely N-dealkylation sites (tertiary alicyclic amines) is 1. The minimum atomic E-state index is 0.667. The topological polar surface area (TPSA) is 15.3 Å². The molecule has 2 atom stereocenters. The third-order valence-corrected chi connectivity index (χ3v) is 5.93. The van der Waals surface area contributed by atoms with Crippen molar-refractivity contribution in [3.05, 3.63) is 0 Å². The molecule has 2 unspecified atom stereocenters. The molecule has 1 aliphatic carbocycles. The summed E-state index contributed by atoms with van der Waals surface area (Å²) in [5.41, 5.74) is 0.667. The van der Waals surface area contributed by atoms with E-state index in [0.717, 1.165) is 12.1 Å². The molecule has 1 saturated heterocycles. The number of piperidine rings is 1. The zero-order chi connectivity index (χ0) is 13.0. The van der Waals surface area contributed by atoms with Crippen molar-refractivity contribution in [3.8, 4) is 0 Å². The van der Waals surface area contributed by atoms with Gasteiger partial charge in [-0.1, -0.05) is 39.5 Å². The number of hydrogen-bond donors (Lipinski definition) is 1. The minimum Gasteiger partial charge on any atom is -0.315 e. The van der Waals surface area contributed by atoms with E-state index in [9.17, 15) is 0 Å². The second kappa shape index (κ2) is 6.38. The number of likely N-dealkylation sites (N-methyl/N-ethyl adjacent to an activating group) is 1. The van der Waals surface area contributed by atoms with Gasteiger partial charge in [-0.3, -0.25) is 4.90 Å². The average Bonchev–Trinajstić information content (AvgIpc) is 2.47. The monoisotopic (exact) mass is 252 g/mol. The summed E-state index contributed by atoms with van der Waals surface area (Å²) in [5.74, 6) is 0. The summed E-state index contributed by atoms with van der Waals surface area (Å²) in [6, 6.07) is 1.56. The molecule has 0 bridgehead atoms. The fourth-order valence-corrected chi connectivity index (χ4v) is 4.17. The zero-order valence-corrected chi connectivity index (χ0v) is 12.7. The second-order valence-electron chi connectivity index (χ2n) is 6.49. The van der Waals surface area contributed by atoms with E-state index < -0.39 is 0 Å². The molecule has 2 aliphatic rings. The van der Waals surface area contributed by atoms with Gasteiger partial charge in [0.2, 0.25) is 0 Å². The molecule has 0 aromatic heterocycles. The molecule has 2 fully saturated rings. The lowest BCUT2D eigenvalue weighted by atomic mass is 9.73. The summed E-state index contributed by atoms with van der Waals surface area (Å²) in [7, 11) is 2.15. The molecule has 0 radical (unpaired) electrons. The van der Waals surface area contributed by atoms with Crippen molar-refractivity contribution in [2.75, 3.05) is 20.1 Å². The van der Waals surface area contributed by atoms with Gasteiger partial charge in [0, 0.05) is 12.1 Å². The van der Waals surface area contributed by atoms with E-state index in [1.54, 1.807) is 0 Å². The Bertz CT molecular complexity index is 237. The van der Waals surface area contributed by atoms with Crippen molar-refractivity contribution in [3.63, 3.8) is 0 Å². The van der Waals surface area contributed by atoms with E-state index in [2.05, 4.69) is 31.1 Å². The first kappa shape index (κ1) is 14.3. The lowest BCUT2D eigenvalue weighted by Crippen LogP contribution is -2.54. The maximum atomic E-state index is 3.56. The molecule has 0 aromatic rings. The van der Waals surface area contributed by atoms with Crippen molar-refractivity contribution in [1.29, 1.82) is 0 Å². The van der Waals surface area contributed by atoms with Gasteiger partial charge >= 0.3 is 0 Å². The summed E-state index contributed by atoms with van der Waals surface area (Å²) < 4.78 is 0. The summed E-state index contributed by atoms with van der Waals surface area (Å²) in [6.07, 6.45) is 11.2. The maximum absolute atomic E-state index is 3.56. The smallest absolute Gasteiger partial charge is 0.0249 e. The lowest BCUT2D eigenvalue weighted by Gasteiger charge is -2.47. The van der Waals surface area contributed by atoms with Gasteiger partial charge < -0.3 is 5.32 Å². The first-order valence-corrected chi connectivity index (χ1v) is 8.16. The van der Waals surface area contributed by atoms with E-state index in [1.807, 2.05) is 0 Å². The van der Waals surface area contributed by atoms with Crippen LogP contribution in [0.3, 0.4) is 0 Å². The van der Waals surface area contributed by atoms with Crippen LogP contribution in [-0.4, -0.2) is 37.1 Å². The predicted molar refractivity (Wildman–Crippen MR) is 78.9 cm³/mol. The first-order chi connectivity index (χ1) is 8.74. The molecule has 18 heavy (non-hydrogen) atoms. The van der Waals surface area contributed by atoms with Crippen LogP contribution in [0.4, 0.5) is 0 Å². The van der Waals surface area contributed by atoms with E-state index in [0.29, 0.717) is 5.41 Å². The molecule has 2 nitrogen and oxygen atoms in total. The summed E-state index contributed by atoms with van der Waals surface area (Å²) in [6.45, 7) is 7.45. The third kappa shape index (κ3) is 2.91. The quantitative estimate of drug-likeness (QED) is 0.825. The predicted octanol–water partition coefficient (Wildman–Crippen LogP) is 3.42. The number of nitrogens with one attached hydrogen (secondary N) is 1. The second-order valence-corrected chi connectivity index (χ2v) is 6.49. The highest BCUT2D eigenvalue weighted by Crippen LogP contribution is 2.39. The van der Waals surface area contributed by atoms with Crippen molar-refractivity contribution >= 4 is 0 Å². The van der Waals surface area contributed by atoms with Gasteiger partial charge in [0.05, 0.1) is 0 Å². The van der Waals surface area contributed by atoms with E-state index in [4.69, 9.17) is 0 Å². The van der Waals surface area contributed by atoms with Gasteiger partial charge in [-0.2, -0.15) is 0 Å². The van der Waals surface area contributed by atoms with Crippen molar-refractivity contribution in [1.82, 2.24) is 10.2 Å². The molecular weight excluding hydrogens is 220 g/mol. The molecule has 0 aromatic carbocycles. The Morgan fingerprint density at radius 3 is 2.22 bits per heavy atom. The van der Waals surface area contributed by atoms with Crippen LogP contribution in [-0.2, 0) is 0 Å². The van der Waals surface area contributed by atoms with Gasteiger partial charge in [-0.05, 0) is 51.2 Å². The molecule has 1 aliphatic heterocycles. The molecule has 1 heterocycles. The summed E-state index contributed by atoms with van der Waals surface area (Å²) in [5, 5.41) is 3.56. The maximum Gasteiger partial charge on any atom is 0.0249 e. The molecule has 0 amide bonds. The van der Waals surface area contributed by atoms with Crippen LogP contribution < -0.4 is 5.32 Å². The largest absolute Gasteiger partial charge is 0.315 e. The Hall–Kier alpha value is -0.0800. The number of hydrogen-bond acceptors (Lipinski definition) is 2. The van der Waals surface area contributed by atoms with E-state index in [-0.39, 0.29) is 0 Å². The summed E-state index contributed by atoms with van der Waals surface area (Å²) >= 11 is 0. The molecular formula is C16H32N2. The first-order valence-electron chi connectivity index (χ1n) is 8.16. The summed E-state index contributed by atoms with van der Waals surface area (Å²) in [4.78, 5) is 2.80. The highest BCUT2D eigenvalue weighted by Gasteiger charge is 2.36.